The van der Waals surface area contributed by atoms with Crippen LogP contribution >= 0.6 is 15.9 Å². The van der Waals surface area contributed by atoms with E-state index in [4.69, 9.17) is 4.74 Å². The molecule has 0 spiro atoms. The van der Waals surface area contributed by atoms with E-state index >= 15 is 0 Å². The Balaban J connectivity index is 1.99. The number of hydrogen-bond donors (Lipinski definition) is 1. The molecule has 1 N–H and O–H groups in total. The average molecular weight is 256 g/mol. The van der Waals surface area contributed by atoms with E-state index in [0.29, 0.717) is 0 Å². The molecule has 1 aromatic rings. The molecule has 1 aliphatic rings. The summed E-state index contributed by atoms with van der Waals surface area (Å²) < 4.78 is 6.77. The summed E-state index contributed by atoms with van der Waals surface area (Å²) in [5, 5.41) is 3.35. The van der Waals surface area contributed by atoms with E-state index in [-0.39, 0.29) is 6.23 Å². The van der Waals surface area contributed by atoms with Gasteiger partial charge in [-0.3, -0.25) is 5.32 Å². The molecular weight excluding hydrogens is 242 g/mol. The third-order valence-corrected chi connectivity index (χ3v) is 3.15. The quantitative estimate of drug-likeness (QED) is 0.876. The second kappa shape index (κ2) is 4.91. The zero-order chi connectivity index (χ0) is 9.80. The number of rotatable bonds is 2. The maximum Gasteiger partial charge on any atom is 0.112 e. The van der Waals surface area contributed by atoms with Crippen molar-refractivity contribution < 1.29 is 4.74 Å². The molecule has 2 rings (SSSR count). The molecule has 76 valence electrons. The molecular formula is C11H14BrNO. The van der Waals surface area contributed by atoms with Crippen LogP contribution in [0.5, 0.6) is 0 Å². The molecule has 0 aromatic heterocycles. The van der Waals surface area contributed by atoms with E-state index in [2.05, 4.69) is 39.4 Å². The van der Waals surface area contributed by atoms with E-state index in [1.807, 2.05) is 6.07 Å². The van der Waals surface area contributed by atoms with Crippen LogP contribution in [0.4, 0.5) is 0 Å². The van der Waals surface area contributed by atoms with Gasteiger partial charge in [-0.05, 0) is 24.6 Å². The summed E-state index contributed by atoms with van der Waals surface area (Å²) in [6, 6.07) is 8.29. The monoisotopic (exact) mass is 255 g/mol. The molecule has 0 saturated carbocycles. The first-order chi connectivity index (χ1) is 6.86. The van der Waals surface area contributed by atoms with E-state index < -0.39 is 0 Å². The van der Waals surface area contributed by atoms with Crippen molar-refractivity contribution in [1.29, 1.82) is 0 Å². The first-order valence-corrected chi connectivity index (χ1v) is 5.74. The molecule has 0 radical (unpaired) electrons. The third-order valence-electron chi connectivity index (χ3n) is 2.38. The first-order valence-electron chi connectivity index (χ1n) is 4.94. The van der Waals surface area contributed by atoms with Gasteiger partial charge in [0.15, 0.2) is 0 Å². The lowest BCUT2D eigenvalue weighted by molar-refractivity contribution is 0.00186. The van der Waals surface area contributed by atoms with Crippen molar-refractivity contribution in [3.63, 3.8) is 0 Å². The van der Waals surface area contributed by atoms with Crippen LogP contribution in [0.25, 0.3) is 0 Å². The summed E-state index contributed by atoms with van der Waals surface area (Å²) in [4.78, 5) is 0. The van der Waals surface area contributed by atoms with Crippen LogP contribution < -0.4 is 5.32 Å². The molecule has 1 aliphatic heterocycles. The highest BCUT2D eigenvalue weighted by molar-refractivity contribution is 9.10. The molecule has 14 heavy (non-hydrogen) atoms. The highest BCUT2D eigenvalue weighted by atomic mass is 79.9. The van der Waals surface area contributed by atoms with Crippen LogP contribution in [0.2, 0.25) is 0 Å². The minimum absolute atomic E-state index is 0.183. The lowest BCUT2D eigenvalue weighted by atomic mass is 10.1. The number of nitrogens with one attached hydrogen (secondary N) is 1. The second-order valence-electron chi connectivity index (χ2n) is 3.46. The van der Waals surface area contributed by atoms with Gasteiger partial charge in [0.2, 0.25) is 0 Å². The van der Waals surface area contributed by atoms with Gasteiger partial charge >= 0.3 is 0 Å². The van der Waals surface area contributed by atoms with Crippen molar-refractivity contribution in [1.82, 2.24) is 5.32 Å². The predicted molar refractivity (Wildman–Crippen MR) is 60.2 cm³/mol. The lowest BCUT2D eigenvalue weighted by Crippen LogP contribution is -2.39. The van der Waals surface area contributed by atoms with Gasteiger partial charge < -0.3 is 4.74 Å². The van der Waals surface area contributed by atoms with Gasteiger partial charge in [0, 0.05) is 17.5 Å². The number of halogens is 1. The fourth-order valence-corrected chi connectivity index (χ4v) is 2.06. The van der Waals surface area contributed by atoms with Gasteiger partial charge in [0.25, 0.3) is 0 Å². The zero-order valence-corrected chi connectivity index (χ0v) is 9.59. The van der Waals surface area contributed by atoms with Crippen molar-refractivity contribution >= 4 is 15.9 Å². The SMILES string of the molecule is Brc1ccccc1CC1NCCCO1. The largest absolute Gasteiger partial charge is 0.363 e. The van der Waals surface area contributed by atoms with Crippen molar-refractivity contribution in [2.24, 2.45) is 0 Å². The van der Waals surface area contributed by atoms with Crippen LogP contribution in [0.1, 0.15) is 12.0 Å². The molecule has 1 fully saturated rings. The van der Waals surface area contributed by atoms with E-state index in [1.54, 1.807) is 0 Å². The zero-order valence-electron chi connectivity index (χ0n) is 8.00. The van der Waals surface area contributed by atoms with Crippen molar-refractivity contribution in [3.8, 4) is 0 Å². The third kappa shape index (κ3) is 2.56. The van der Waals surface area contributed by atoms with E-state index in [1.165, 1.54) is 5.56 Å². The maximum absolute atomic E-state index is 5.60. The van der Waals surface area contributed by atoms with Crippen molar-refractivity contribution in [2.75, 3.05) is 13.2 Å². The Morgan fingerprint density at radius 2 is 2.29 bits per heavy atom. The van der Waals surface area contributed by atoms with Gasteiger partial charge in [-0.2, -0.15) is 0 Å². The molecule has 1 aromatic carbocycles. The highest BCUT2D eigenvalue weighted by Crippen LogP contribution is 2.18. The molecule has 1 atom stereocenters. The molecule has 3 heteroatoms. The average Bonchev–Trinajstić information content (AvgIpc) is 2.23. The summed E-state index contributed by atoms with van der Waals surface area (Å²) in [6.07, 6.45) is 2.23. The van der Waals surface area contributed by atoms with Crippen LogP contribution in [0.15, 0.2) is 28.7 Å². The summed E-state index contributed by atoms with van der Waals surface area (Å²) in [7, 11) is 0. The van der Waals surface area contributed by atoms with Crippen molar-refractivity contribution in [3.05, 3.63) is 34.3 Å². The Bertz CT molecular complexity index is 297. The van der Waals surface area contributed by atoms with Crippen LogP contribution in [0.3, 0.4) is 0 Å². The smallest absolute Gasteiger partial charge is 0.112 e. The van der Waals surface area contributed by atoms with Gasteiger partial charge in [-0.25, -0.2) is 0 Å². The lowest BCUT2D eigenvalue weighted by Gasteiger charge is -2.24. The Morgan fingerprint density at radius 3 is 3.00 bits per heavy atom. The van der Waals surface area contributed by atoms with Crippen LogP contribution in [0, 0.1) is 0 Å². The molecule has 2 nitrogen and oxygen atoms in total. The van der Waals surface area contributed by atoms with Crippen LogP contribution in [-0.2, 0) is 11.2 Å². The van der Waals surface area contributed by atoms with E-state index in [0.717, 1.165) is 30.5 Å². The highest BCUT2D eigenvalue weighted by Gasteiger charge is 2.14. The fourth-order valence-electron chi connectivity index (χ4n) is 1.61. The standard InChI is InChI=1S/C11H14BrNO/c12-10-5-2-1-4-9(10)8-11-13-6-3-7-14-11/h1-2,4-5,11,13H,3,6-8H2. The minimum Gasteiger partial charge on any atom is -0.363 e. The minimum atomic E-state index is 0.183. The second-order valence-corrected chi connectivity index (χ2v) is 4.32. The van der Waals surface area contributed by atoms with Gasteiger partial charge in [-0.1, -0.05) is 34.1 Å². The van der Waals surface area contributed by atoms with Crippen LogP contribution in [-0.4, -0.2) is 19.4 Å². The molecule has 0 bridgehead atoms. The summed E-state index contributed by atoms with van der Waals surface area (Å²) in [5.41, 5.74) is 1.30. The summed E-state index contributed by atoms with van der Waals surface area (Å²) in [5.74, 6) is 0. The van der Waals surface area contributed by atoms with Gasteiger partial charge in [-0.15, -0.1) is 0 Å². The Labute approximate surface area is 92.8 Å². The summed E-state index contributed by atoms with van der Waals surface area (Å²) in [6.45, 7) is 1.94. The molecule has 0 amide bonds. The Morgan fingerprint density at radius 1 is 1.43 bits per heavy atom. The Kier molecular flexibility index (Phi) is 3.56. The normalized spacial score (nSPS) is 22.2. The molecule has 1 heterocycles. The Hall–Kier alpha value is -0.380. The molecule has 0 aliphatic carbocycles. The predicted octanol–water partition coefficient (Wildman–Crippen LogP) is 2.33. The molecule has 1 saturated heterocycles. The maximum atomic E-state index is 5.60. The number of ether oxygens (including phenoxy) is 1. The fraction of sp³-hybridized carbons (Fsp3) is 0.455. The first kappa shape index (κ1) is 10.1. The number of benzene rings is 1. The topological polar surface area (TPSA) is 21.3 Å². The van der Waals surface area contributed by atoms with Gasteiger partial charge in [0.05, 0.1) is 0 Å². The van der Waals surface area contributed by atoms with Crippen molar-refractivity contribution in [2.45, 2.75) is 19.1 Å². The number of hydrogen-bond acceptors (Lipinski definition) is 2. The van der Waals surface area contributed by atoms with Gasteiger partial charge in [0.1, 0.15) is 6.23 Å². The van der Waals surface area contributed by atoms with E-state index in [9.17, 15) is 0 Å². The summed E-state index contributed by atoms with van der Waals surface area (Å²) >= 11 is 3.54. The molecule has 1 unspecified atom stereocenters.